The van der Waals surface area contributed by atoms with E-state index in [1.54, 1.807) is 32.2 Å². The monoisotopic (exact) mass is 427 g/mol. The molecule has 0 saturated carbocycles. The number of hydrogen-bond donors (Lipinski definition) is 1. The van der Waals surface area contributed by atoms with Crippen molar-refractivity contribution in [3.05, 3.63) is 41.5 Å². The second-order valence-electron chi connectivity index (χ2n) is 6.80. The lowest BCUT2D eigenvalue weighted by Gasteiger charge is -2.26. The van der Waals surface area contributed by atoms with Gasteiger partial charge in [-0.3, -0.25) is 4.79 Å². The average molecular weight is 428 g/mol. The molecule has 28 heavy (non-hydrogen) atoms. The summed E-state index contributed by atoms with van der Waals surface area (Å²) in [6, 6.07) is 6.03. The first-order valence-corrected chi connectivity index (χ1v) is 11.4. The summed E-state index contributed by atoms with van der Waals surface area (Å²) in [4.78, 5) is 14.1. The van der Waals surface area contributed by atoms with Gasteiger partial charge in [-0.25, -0.2) is 17.5 Å². The van der Waals surface area contributed by atoms with Crippen LogP contribution in [0, 0.1) is 5.82 Å². The third-order valence-electron chi connectivity index (χ3n) is 4.78. The third-order valence-corrected chi connectivity index (χ3v) is 7.57. The van der Waals surface area contributed by atoms with Gasteiger partial charge in [0.2, 0.25) is 11.1 Å². The Morgan fingerprint density at radius 1 is 1.43 bits per heavy atom. The van der Waals surface area contributed by atoms with Gasteiger partial charge < -0.3 is 10.7 Å². The van der Waals surface area contributed by atoms with Crippen LogP contribution in [0.1, 0.15) is 24.7 Å². The number of sulfone groups is 1. The fraction of sp³-hybridized carbons (Fsp3) is 0.471. The number of nitrogens with two attached hydrogens (primary N) is 1. The first kappa shape index (κ1) is 20.6. The van der Waals surface area contributed by atoms with E-state index in [0.29, 0.717) is 23.0 Å². The van der Waals surface area contributed by atoms with E-state index in [-0.39, 0.29) is 35.7 Å². The smallest absolute Gasteiger partial charge is 0.235 e. The SMILES string of the molecule is CC(Sc1nnc(Cc2ccccc2F)n1N)C(=O)N(C)C1CCS(=O)(=O)C1. The molecule has 0 bridgehead atoms. The average Bonchev–Trinajstić information content (AvgIpc) is 3.18. The molecule has 11 heteroatoms. The van der Waals surface area contributed by atoms with E-state index in [2.05, 4.69) is 10.2 Å². The van der Waals surface area contributed by atoms with Crippen LogP contribution in [0.25, 0.3) is 0 Å². The van der Waals surface area contributed by atoms with Crippen LogP contribution in [-0.4, -0.2) is 63.9 Å². The van der Waals surface area contributed by atoms with Crippen molar-refractivity contribution >= 4 is 27.5 Å². The van der Waals surface area contributed by atoms with Gasteiger partial charge in [-0.15, -0.1) is 10.2 Å². The summed E-state index contributed by atoms with van der Waals surface area (Å²) in [5.41, 5.74) is 0.449. The minimum atomic E-state index is -3.07. The Hall–Kier alpha value is -2.14. The molecular weight excluding hydrogens is 405 g/mol. The zero-order chi connectivity index (χ0) is 20.5. The van der Waals surface area contributed by atoms with Crippen LogP contribution in [0.3, 0.4) is 0 Å². The van der Waals surface area contributed by atoms with Crippen LogP contribution in [-0.2, 0) is 21.1 Å². The lowest BCUT2D eigenvalue weighted by atomic mass is 10.1. The van der Waals surface area contributed by atoms with Crippen LogP contribution in [0.5, 0.6) is 0 Å². The lowest BCUT2D eigenvalue weighted by Crippen LogP contribution is -2.41. The maximum Gasteiger partial charge on any atom is 0.235 e. The van der Waals surface area contributed by atoms with E-state index in [9.17, 15) is 17.6 Å². The largest absolute Gasteiger partial charge is 0.341 e. The van der Waals surface area contributed by atoms with Gasteiger partial charge in [-0.1, -0.05) is 30.0 Å². The highest BCUT2D eigenvalue weighted by Gasteiger charge is 2.34. The maximum absolute atomic E-state index is 13.8. The molecule has 1 aromatic heterocycles. The van der Waals surface area contributed by atoms with Gasteiger partial charge in [0.15, 0.2) is 15.7 Å². The van der Waals surface area contributed by atoms with Crippen molar-refractivity contribution in [3.8, 4) is 0 Å². The van der Waals surface area contributed by atoms with Crippen LogP contribution < -0.4 is 5.84 Å². The summed E-state index contributed by atoms with van der Waals surface area (Å²) in [6.07, 6.45) is 0.626. The number of halogens is 1. The molecule has 152 valence electrons. The van der Waals surface area contributed by atoms with Crippen molar-refractivity contribution in [1.82, 2.24) is 19.8 Å². The summed E-state index contributed by atoms with van der Waals surface area (Å²) >= 11 is 1.13. The van der Waals surface area contributed by atoms with Gasteiger partial charge in [-0.2, -0.15) is 0 Å². The van der Waals surface area contributed by atoms with Crippen molar-refractivity contribution in [1.29, 1.82) is 0 Å². The number of thioether (sulfide) groups is 1. The highest BCUT2D eigenvalue weighted by molar-refractivity contribution is 8.00. The second-order valence-corrected chi connectivity index (χ2v) is 10.3. The third kappa shape index (κ3) is 4.46. The van der Waals surface area contributed by atoms with Crippen LogP contribution in [0.2, 0.25) is 0 Å². The topological polar surface area (TPSA) is 111 Å². The van der Waals surface area contributed by atoms with E-state index in [1.807, 2.05) is 0 Å². The van der Waals surface area contributed by atoms with E-state index < -0.39 is 15.1 Å². The Bertz CT molecular complexity index is 979. The number of rotatable bonds is 6. The Balaban J connectivity index is 1.66. The summed E-state index contributed by atoms with van der Waals surface area (Å²) in [6.45, 7) is 1.71. The lowest BCUT2D eigenvalue weighted by molar-refractivity contribution is -0.130. The summed E-state index contributed by atoms with van der Waals surface area (Å²) in [5.74, 6) is 5.95. The number of aromatic nitrogens is 3. The van der Waals surface area contributed by atoms with Crippen molar-refractivity contribution < 1.29 is 17.6 Å². The summed E-state index contributed by atoms with van der Waals surface area (Å²) in [5, 5.41) is 7.81. The van der Waals surface area contributed by atoms with Gasteiger partial charge in [-0.05, 0) is 25.0 Å². The molecule has 1 saturated heterocycles. The molecule has 3 rings (SSSR count). The molecule has 1 fully saturated rings. The van der Waals surface area contributed by atoms with E-state index in [4.69, 9.17) is 5.84 Å². The van der Waals surface area contributed by atoms with Gasteiger partial charge in [0, 0.05) is 19.5 Å². The molecule has 0 radical (unpaired) electrons. The zero-order valence-corrected chi connectivity index (χ0v) is 17.2. The predicted molar refractivity (Wildman–Crippen MR) is 105 cm³/mol. The first-order valence-electron chi connectivity index (χ1n) is 8.74. The van der Waals surface area contributed by atoms with Crippen LogP contribution >= 0.6 is 11.8 Å². The number of nitrogen functional groups attached to an aromatic ring is 1. The van der Waals surface area contributed by atoms with Crippen LogP contribution in [0.15, 0.2) is 29.4 Å². The second kappa shape index (κ2) is 8.08. The molecule has 8 nitrogen and oxygen atoms in total. The van der Waals surface area contributed by atoms with E-state index in [0.717, 1.165) is 11.8 Å². The first-order chi connectivity index (χ1) is 13.2. The number of benzene rings is 1. The molecular formula is C17H22FN5O3S2. The standard InChI is InChI=1S/C17H22FN5O3S2/c1-11(16(24)22(2)13-7-8-28(25,26)10-13)27-17-21-20-15(23(17)19)9-12-5-3-4-6-14(12)18/h3-6,11,13H,7-10,19H2,1-2H3. The molecule has 0 spiro atoms. The Kier molecular flexibility index (Phi) is 5.94. The molecule has 2 N–H and O–H groups in total. The molecule has 1 aromatic carbocycles. The molecule has 2 heterocycles. The number of carbonyl (C=O) groups is 1. The quantitative estimate of drug-likeness (QED) is 0.537. The fourth-order valence-corrected chi connectivity index (χ4v) is 5.74. The number of nitrogens with zero attached hydrogens (tertiary/aromatic N) is 4. The van der Waals surface area contributed by atoms with E-state index in [1.165, 1.54) is 15.6 Å². The molecule has 2 atom stereocenters. The summed E-state index contributed by atoms with van der Waals surface area (Å²) < 4.78 is 38.4. The minimum absolute atomic E-state index is 0.00745. The molecule has 1 aliphatic heterocycles. The maximum atomic E-state index is 13.8. The van der Waals surface area contributed by atoms with Crippen molar-refractivity contribution in [2.45, 2.75) is 36.2 Å². The van der Waals surface area contributed by atoms with E-state index >= 15 is 0 Å². The van der Waals surface area contributed by atoms with Crippen molar-refractivity contribution in [3.63, 3.8) is 0 Å². The van der Waals surface area contributed by atoms with Gasteiger partial charge in [0.1, 0.15) is 5.82 Å². The fourth-order valence-electron chi connectivity index (χ4n) is 3.08. The van der Waals surface area contributed by atoms with Crippen molar-refractivity contribution in [2.75, 3.05) is 24.4 Å². The molecule has 2 unspecified atom stereocenters. The van der Waals surface area contributed by atoms with Crippen molar-refractivity contribution in [2.24, 2.45) is 0 Å². The Labute approximate surface area is 167 Å². The van der Waals surface area contributed by atoms with Gasteiger partial charge in [0.25, 0.3) is 0 Å². The Morgan fingerprint density at radius 3 is 2.79 bits per heavy atom. The zero-order valence-electron chi connectivity index (χ0n) is 15.6. The number of amides is 1. The molecule has 2 aromatic rings. The number of carbonyl (C=O) groups excluding carboxylic acids is 1. The van der Waals surface area contributed by atoms with Gasteiger partial charge in [0.05, 0.1) is 16.8 Å². The molecule has 1 amide bonds. The highest BCUT2D eigenvalue weighted by Crippen LogP contribution is 2.25. The summed E-state index contributed by atoms with van der Waals surface area (Å²) in [7, 11) is -1.46. The normalized spacial score (nSPS) is 19.5. The molecule has 0 aliphatic carbocycles. The van der Waals surface area contributed by atoms with Gasteiger partial charge >= 0.3 is 0 Å². The minimum Gasteiger partial charge on any atom is -0.341 e. The predicted octanol–water partition coefficient (Wildman–Crippen LogP) is 0.848. The Morgan fingerprint density at radius 2 is 2.14 bits per heavy atom. The number of hydrogen-bond acceptors (Lipinski definition) is 7. The van der Waals surface area contributed by atoms with Crippen LogP contribution in [0.4, 0.5) is 4.39 Å². The molecule has 1 aliphatic rings. The highest BCUT2D eigenvalue weighted by atomic mass is 32.2.